The largest absolute Gasteiger partial charge is 0.478 e. The molecule has 0 aliphatic carbocycles. The lowest BCUT2D eigenvalue weighted by Gasteiger charge is -2.13. The summed E-state index contributed by atoms with van der Waals surface area (Å²) in [5.74, 6) is 0.185. The number of aryl methyl sites for hydroxylation is 1. The number of aromatic carboxylic acids is 1. The zero-order chi connectivity index (χ0) is 26.1. The molecule has 11 heteroatoms. The lowest BCUT2D eigenvalue weighted by atomic mass is 9.99. The van der Waals surface area contributed by atoms with E-state index in [1.54, 1.807) is 47.2 Å². The molecule has 9 nitrogen and oxygen atoms in total. The molecule has 3 heterocycles. The maximum atomic E-state index is 14.3. The van der Waals surface area contributed by atoms with Crippen molar-refractivity contribution in [1.82, 2.24) is 29.5 Å². The fraction of sp³-hybridized carbons (Fsp3) is 0.115. The fourth-order valence-corrected chi connectivity index (χ4v) is 4.23. The van der Waals surface area contributed by atoms with Crippen molar-refractivity contribution in [1.29, 1.82) is 0 Å². The Kier molecular flexibility index (Phi) is 6.41. The maximum Gasteiger partial charge on any atom is 0.335 e. The summed E-state index contributed by atoms with van der Waals surface area (Å²) >= 11 is 6.35. The van der Waals surface area contributed by atoms with Gasteiger partial charge in [-0.05, 0) is 60.5 Å². The van der Waals surface area contributed by atoms with E-state index >= 15 is 0 Å². The number of hydrogen-bond donors (Lipinski definition) is 2. The van der Waals surface area contributed by atoms with Gasteiger partial charge in [-0.25, -0.2) is 18.9 Å². The van der Waals surface area contributed by atoms with E-state index in [0.717, 1.165) is 11.1 Å². The van der Waals surface area contributed by atoms with Gasteiger partial charge in [0.25, 0.3) is 0 Å². The molecule has 2 aromatic carbocycles. The van der Waals surface area contributed by atoms with Crippen LogP contribution in [0.15, 0.2) is 67.3 Å². The lowest BCUT2D eigenvalue weighted by Crippen LogP contribution is -2.05. The van der Waals surface area contributed by atoms with Crippen molar-refractivity contribution in [2.75, 3.05) is 11.9 Å². The number of carboxylic acids is 1. The zero-order valence-electron chi connectivity index (χ0n) is 19.9. The van der Waals surface area contributed by atoms with Crippen LogP contribution in [0.5, 0.6) is 0 Å². The third kappa shape index (κ3) is 4.78. The quantitative estimate of drug-likeness (QED) is 0.300. The van der Waals surface area contributed by atoms with Gasteiger partial charge in [0.05, 0.1) is 11.8 Å². The number of aromatic nitrogens is 6. The van der Waals surface area contributed by atoms with Crippen LogP contribution in [-0.2, 0) is 7.05 Å². The van der Waals surface area contributed by atoms with Crippen LogP contribution in [0.4, 0.5) is 10.2 Å². The fourth-order valence-electron chi connectivity index (χ4n) is 4.01. The highest BCUT2D eigenvalue weighted by Gasteiger charge is 2.17. The summed E-state index contributed by atoms with van der Waals surface area (Å²) in [4.78, 5) is 16.1. The van der Waals surface area contributed by atoms with Crippen molar-refractivity contribution >= 4 is 23.4 Å². The van der Waals surface area contributed by atoms with Crippen LogP contribution in [0.25, 0.3) is 39.5 Å². The summed E-state index contributed by atoms with van der Waals surface area (Å²) in [5, 5.41) is 25.5. The van der Waals surface area contributed by atoms with Crippen LogP contribution < -0.4 is 5.32 Å². The molecule has 186 valence electrons. The number of nitrogens with zero attached hydrogens (tertiary/aromatic N) is 6. The summed E-state index contributed by atoms with van der Waals surface area (Å²) in [6, 6.07) is 12.7. The molecule has 0 saturated heterocycles. The molecule has 37 heavy (non-hydrogen) atoms. The van der Waals surface area contributed by atoms with Crippen LogP contribution in [0, 0.1) is 5.82 Å². The first-order valence-electron chi connectivity index (χ1n) is 11.3. The van der Waals surface area contributed by atoms with Crippen molar-refractivity contribution in [3.8, 4) is 39.5 Å². The van der Waals surface area contributed by atoms with Gasteiger partial charge < -0.3 is 15.0 Å². The number of halogens is 2. The van der Waals surface area contributed by atoms with E-state index < -0.39 is 5.97 Å². The summed E-state index contributed by atoms with van der Waals surface area (Å²) < 4.78 is 17.6. The van der Waals surface area contributed by atoms with E-state index in [1.807, 2.05) is 19.1 Å². The average molecular weight is 518 g/mol. The molecular formula is C26H21ClFN7O2. The van der Waals surface area contributed by atoms with Crippen molar-refractivity contribution in [2.45, 2.75) is 6.92 Å². The van der Waals surface area contributed by atoms with Crippen molar-refractivity contribution in [3.05, 3.63) is 83.7 Å². The van der Waals surface area contributed by atoms with Crippen LogP contribution in [0.3, 0.4) is 0 Å². The molecule has 0 aliphatic heterocycles. The van der Waals surface area contributed by atoms with E-state index in [9.17, 15) is 14.3 Å². The Morgan fingerprint density at radius 2 is 1.92 bits per heavy atom. The average Bonchev–Trinajstić information content (AvgIpc) is 3.53. The summed E-state index contributed by atoms with van der Waals surface area (Å²) in [6.45, 7) is 2.60. The van der Waals surface area contributed by atoms with Crippen molar-refractivity contribution in [3.63, 3.8) is 0 Å². The second kappa shape index (κ2) is 9.82. The molecule has 0 saturated carbocycles. The summed E-state index contributed by atoms with van der Waals surface area (Å²) in [7, 11) is 1.79. The molecular weight excluding hydrogens is 497 g/mol. The highest BCUT2D eigenvalue weighted by atomic mass is 35.5. The molecule has 5 rings (SSSR count). The number of pyridine rings is 1. The molecule has 0 unspecified atom stereocenters. The van der Waals surface area contributed by atoms with Gasteiger partial charge in [-0.1, -0.05) is 17.7 Å². The Morgan fingerprint density at radius 1 is 1.08 bits per heavy atom. The Labute approximate surface area is 216 Å². The van der Waals surface area contributed by atoms with E-state index in [4.69, 9.17) is 11.6 Å². The van der Waals surface area contributed by atoms with Crippen LogP contribution in [-0.4, -0.2) is 47.1 Å². The molecule has 0 radical (unpaired) electrons. The highest BCUT2D eigenvalue weighted by molar-refractivity contribution is 6.33. The van der Waals surface area contributed by atoms with Gasteiger partial charge in [-0.3, -0.25) is 0 Å². The van der Waals surface area contributed by atoms with E-state index in [0.29, 0.717) is 45.7 Å². The molecule has 0 spiro atoms. The first-order chi connectivity index (χ1) is 17.8. The van der Waals surface area contributed by atoms with E-state index in [1.165, 1.54) is 24.3 Å². The number of rotatable bonds is 7. The number of carboxylic acid groups (broad SMARTS) is 1. The molecule has 3 aromatic heterocycles. The van der Waals surface area contributed by atoms with Gasteiger partial charge in [0, 0.05) is 41.5 Å². The topological polar surface area (TPSA) is 111 Å². The number of hydrogen-bond acceptors (Lipinski definition) is 6. The Bertz CT molecular complexity index is 1630. The minimum Gasteiger partial charge on any atom is -0.478 e. The molecule has 0 aliphatic rings. The van der Waals surface area contributed by atoms with Gasteiger partial charge in [0.1, 0.15) is 18.0 Å². The lowest BCUT2D eigenvalue weighted by molar-refractivity contribution is 0.0697. The third-order valence-corrected chi connectivity index (χ3v) is 6.09. The maximum absolute atomic E-state index is 14.3. The van der Waals surface area contributed by atoms with Gasteiger partial charge in [0.2, 0.25) is 0 Å². The molecule has 0 amide bonds. The molecule has 0 atom stereocenters. The normalized spacial score (nSPS) is 11.0. The second-order valence-corrected chi connectivity index (χ2v) is 8.67. The van der Waals surface area contributed by atoms with Gasteiger partial charge >= 0.3 is 5.97 Å². The van der Waals surface area contributed by atoms with Gasteiger partial charge in [-0.15, -0.1) is 10.2 Å². The Morgan fingerprint density at radius 3 is 2.65 bits per heavy atom. The number of nitrogens with one attached hydrogen (secondary N) is 1. The number of carbonyl (C=O) groups is 1. The highest BCUT2D eigenvalue weighted by Crippen LogP contribution is 2.34. The number of benzene rings is 2. The first kappa shape index (κ1) is 24.1. The summed E-state index contributed by atoms with van der Waals surface area (Å²) in [6.07, 6.45) is 4.88. The SMILES string of the molecule is CCNc1cc(-c2ccc(F)cc2-c2nncn2C)cc(-n2cc(-c3cc(C(=O)O)ccc3Cl)cn2)n1. The predicted molar refractivity (Wildman–Crippen MR) is 138 cm³/mol. The van der Waals surface area contributed by atoms with Crippen LogP contribution in [0.1, 0.15) is 17.3 Å². The second-order valence-electron chi connectivity index (χ2n) is 8.26. The predicted octanol–water partition coefficient (Wildman–Crippen LogP) is 5.32. The Balaban J connectivity index is 1.63. The van der Waals surface area contributed by atoms with Crippen molar-refractivity contribution < 1.29 is 14.3 Å². The molecule has 2 N–H and O–H groups in total. The minimum atomic E-state index is -1.05. The standard InChI is InChI=1S/C26H21ClFN7O2/c1-3-29-23-9-16(19-6-5-18(28)11-21(19)25-33-30-14-34(25)2)10-24(32-23)35-13-17(12-31-35)20-8-15(26(36)37)4-7-22(20)27/h4-14H,3H2,1-2H3,(H,29,32)(H,36,37). The monoisotopic (exact) mass is 517 g/mol. The van der Waals surface area contributed by atoms with Crippen LogP contribution >= 0.6 is 11.6 Å². The van der Waals surface area contributed by atoms with Crippen molar-refractivity contribution in [2.24, 2.45) is 7.05 Å². The van der Waals surface area contributed by atoms with E-state index in [2.05, 4.69) is 25.6 Å². The Hall–Kier alpha value is -4.57. The van der Waals surface area contributed by atoms with Crippen LogP contribution in [0.2, 0.25) is 5.02 Å². The molecule has 0 fully saturated rings. The molecule has 0 bridgehead atoms. The third-order valence-electron chi connectivity index (χ3n) is 5.76. The van der Waals surface area contributed by atoms with E-state index in [-0.39, 0.29) is 11.4 Å². The zero-order valence-corrected chi connectivity index (χ0v) is 20.6. The van der Waals surface area contributed by atoms with Gasteiger partial charge in [-0.2, -0.15) is 5.10 Å². The molecule has 5 aromatic rings. The first-order valence-corrected chi connectivity index (χ1v) is 11.7. The summed E-state index contributed by atoms with van der Waals surface area (Å²) in [5.41, 5.74) is 3.38. The number of anilines is 1. The minimum absolute atomic E-state index is 0.120. The van der Waals surface area contributed by atoms with Gasteiger partial charge in [0.15, 0.2) is 11.6 Å². The smallest absolute Gasteiger partial charge is 0.335 e.